The summed E-state index contributed by atoms with van der Waals surface area (Å²) in [6.45, 7) is 0. The van der Waals surface area contributed by atoms with Crippen LogP contribution in [0.5, 0.6) is 0 Å². The zero-order chi connectivity index (χ0) is 17.4. The summed E-state index contributed by atoms with van der Waals surface area (Å²) >= 11 is 34.1. The highest BCUT2D eigenvalue weighted by Crippen LogP contribution is 2.30. The van der Waals surface area contributed by atoms with Gasteiger partial charge in [-0.25, -0.2) is 0 Å². The molecule has 0 rings (SSSR count). The first-order valence-corrected chi connectivity index (χ1v) is 7.38. The zero-order valence-corrected chi connectivity index (χ0v) is 14.5. The van der Waals surface area contributed by atoms with Crippen LogP contribution in [0.2, 0.25) is 0 Å². The zero-order valence-electron chi connectivity index (χ0n) is 9.19. The van der Waals surface area contributed by atoms with Crippen LogP contribution in [0.25, 0.3) is 0 Å². The number of halogens is 13. The maximum Gasteiger partial charge on any atom is 0.401 e. The molecule has 0 aromatic carbocycles. The molecule has 0 aliphatic rings. The van der Waals surface area contributed by atoms with Crippen LogP contribution in [0.4, 0.5) is 26.3 Å². The first-order chi connectivity index (χ1) is 8.77. The summed E-state index contributed by atoms with van der Waals surface area (Å²) in [7, 11) is 0. The largest absolute Gasteiger partial charge is 0.401 e. The van der Waals surface area contributed by atoms with Gasteiger partial charge in [-0.2, -0.15) is 26.3 Å². The van der Waals surface area contributed by atoms with E-state index in [4.69, 9.17) is 81.2 Å². The molecule has 0 aromatic rings. The molecule has 0 aliphatic heterocycles. The smallest absolute Gasteiger partial charge is 0.170 e. The van der Waals surface area contributed by atoms with Crippen molar-refractivity contribution in [3.8, 4) is 0 Å². The Labute approximate surface area is 147 Å². The number of alkyl halides is 13. The molecule has 0 atom stereocenters. The number of rotatable bonds is 1. The Hall–Kier alpha value is 1.61. The van der Waals surface area contributed by atoms with E-state index in [1.165, 1.54) is 0 Å². The van der Waals surface area contributed by atoms with Crippen molar-refractivity contribution in [2.75, 3.05) is 17.1 Å². The van der Waals surface area contributed by atoms with E-state index in [2.05, 4.69) is 0 Å². The lowest BCUT2D eigenvalue weighted by molar-refractivity contribution is -0.178. The van der Waals surface area contributed by atoms with Crippen molar-refractivity contribution in [2.45, 2.75) is 16.6 Å². The molecular weight excluding hydrogens is 446 g/mol. The quantitative estimate of drug-likeness (QED) is 0.291. The van der Waals surface area contributed by atoms with E-state index in [9.17, 15) is 26.3 Å². The van der Waals surface area contributed by atoms with Gasteiger partial charge in [0.05, 0.1) is 5.34 Å². The number of hydrogen-bond donors (Lipinski definition) is 0. The number of hydrogen-bond acceptors (Lipinski definition) is 0. The molecule has 13 heteroatoms. The van der Waals surface area contributed by atoms with E-state index in [-0.39, 0.29) is 5.34 Å². The molecule has 0 N–H and O–H groups in total. The van der Waals surface area contributed by atoms with Crippen LogP contribution < -0.4 is 0 Å². The van der Waals surface area contributed by atoms with E-state index in [1.54, 1.807) is 0 Å². The second kappa shape index (κ2) is 18.7. The molecule has 0 saturated heterocycles. The summed E-state index contributed by atoms with van der Waals surface area (Å²) in [5, 5.41) is 0.194. The van der Waals surface area contributed by atoms with Crippen molar-refractivity contribution < 1.29 is 26.3 Å². The van der Waals surface area contributed by atoms with Gasteiger partial charge >= 0.3 is 12.4 Å². The average Bonchev–Trinajstić information content (AvgIpc) is 2.12. The third kappa shape index (κ3) is 91.6. The van der Waals surface area contributed by atoms with Crippen LogP contribution in [0.1, 0.15) is 0 Å². The first-order valence-electron chi connectivity index (χ1n) is 3.93. The molecule has 0 spiro atoms. The molecule has 127 valence electrons. The van der Waals surface area contributed by atoms with E-state index < -0.39 is 23.1 Å². The van der Waals surface area contributed by atoms with E-state index in [1.807, 2.05) is 0 Å². The fourth-order valence-electron chi connectivity index (χ4n) is 0.186. The van der Waals surface area contributed by atoms with Gasteiger partial charge in [-0.3, -0.25) is 0 Å². The van der Waals surface area contributed by atoms with Crippen LogP contribution in [0.15, 0.2) is 0 Å². The third-order valence-corrected chi connectivity index (χ3v) is 0.970. The minimum Gasteiger partial charge on any atom is -0.170 e. The normalized spacial score (nSPS) is 10.5. The van der Waals surface area contributed by atoms with Gasteiger partial charge in [-0.1, -0.05) is 34.8 Å². The predicted octanol–water partition coefficient (Wildman–Crippen LogP) is 7.19. The van der Waals surface area contributed by atoms with Gasteiger partial charge in [-0.05, 0) is 0 Å². The van der Waals surface area contributed by atoms with Crippen LogP contribution in [0, 0.1) is 6.42 Å². The van der Waals surface area contributed by atoms with Crippen molar-refractivity contribution in [2.24, 2.45) is 0 Å². The van der Waals surface area contributed by atoms with Crippen molar-refractivity contribution in [3.63, 3.8) is 0 Å². The van der Waals surface area contributed by atoms with E-state index >= 15 is 0 Å². The van der Waals surface area contributed by atoms with Gasteiger partial charge in [0.25, 0.3) is 0 Å². The Balaban J connectivity index is -0.0000000976. The molecule has 0 fully saturated rings. The molecule has 1 radical (unpaired) electrons. The van der Waals surface area contributed by atoms with E-state index in [0.29, 0.717) is 11.8 Å². The fourth-order valence-corrected chi connectivity index (χ4v) is 0.186. The minimum absolute atomic E-state index is 0.194. The molecule has 20 heavy (non-hydrogen) atoms. The lowest BCUT2D eigenvalue weighted by atomic mass is 10.4. The van der Waals surface area contributed by atoms with Crippen LogP contribution >= 0.6 is 81.2 Å². The monoisotopic (exact) mass is 451 g/mol. The second-order valence-corrected chi connectivity index (χ2v) is 5.50. The Bertz CT molecular complexity index is 155. The molecule has 0 unspecified atom stereocenters. The van der Waals surface area contributed by atoms with Crippen LogP contribution in [-0.4, -0.2) is 33.7 Å². The standard InChI is InChI=1S/C3HF6.C2H4Cl2.CHCl3.CH2Cl2/c4-2(5,6)1-3(7,8)9;3-1-2-4;2-1(3)4;2-1-3/h1H;1-2H2;1H;1H2. The lowest BCUT2D eigenvalue weighted by Crippen LogP contribution is -2.21. The minimum atomic E-state index is -5.27. The van der Waals surface area contributed by atoms with Crippen molar-refractivity contribution in [1.82, 2.24) is 0 Å². The lowest BCUT2D eigenvalue weighted by Gasteiger charge is -2.07. The van der Waals surface area contributed by atoms with Crippen molar-refractivity contribution in [1.29, 1.82) is 0 Å². The summed E-state index contributed by atoms with van der Waals surface area (Å²) in [6.07, 6.45) is -12.2. The summed E-state index contributed by atoms with van der Waals surface area (Å²) in [4.78, 5) is 0. The summed E-state index contributed by atoms with van der Waals surface area (Å²) in [6, 6.07) is 0. The first kappa shape index (κ1) is 29.6. The summed E-state index contributed by atoms with van der Waals surface area (Å²) in [5.74, 6) is 1.11. The highest BCUT2D eigenvalue weighted by Gasteiger charge is 2.44. The van der Waals surface area contributed by atoms with Gasteiger partial charge in [-0.15, -0.1) is 46.4 Å². The molecule has 0 bridgehead atoms. The topological polar surface area (TPSA) is 0 Å². The van der Waals surface area contributed by atoms with Gasteiger partial charge in [0.15, 0.2) is 10.7 Å². The Morgan fingerprint density at radius 2 is 0.850 bits per heavy atom. The van der Waals surface area contributed by atoms with E-state index in [0.717, 1.165) is 0 Å². The van der Waals surface area contributed by atoms with Gasteiger partial charge in [0.1, 0.15) is 0 Å². The average molecular weight is 454 g/mol. The molecule has 0 nitrogen and oxygen atoms in total. The molecule has 0 saturated carbocycles. The SMILES string of the molecule is ClC(Cl)Cl.ClCCCl.ClCCl.FC(F)(F)[CH]C(F)(F)F. The van der Waals surface area contributed by atoms with Crippen molar-refractivity contribution in [3.05, 3.63) is 6.42 Å². The van der Waals surface area contributed by atoms with Gasteiger partial charge in [0, 0.05) is 11.8 Å². The van der Waals surface area contributed by atoms with Gasteiger partial charge in [0.2, 0.25) is 0 Å². The maximum atomic E-state index is 10.8. The summed E-state index contributed by atoms with van der Waals surface area (Å²) < 4.78 is 63.9. The molecule has 0 aromatic heterocycles. The van der Waals surface area contributed by atoms with Gasteiger partial charge < -0.3 is 0 Å². The molecule has 0 heterocycles. The molecule has 0 amide bonds. The van der Waals surface area contributed by atoms with Crippen LogP contribution in [-0.2, 0) is 0 Å². The maximum absolute atomic E-state index is 10.8. The Morgan fingerprint density at radius 3 is 0.850 bits per heavy atom. The van der Waals surface area contributed by atoms with Crippen molar-refractivity contribution >= 4 is 81.2 Å². The van der Waals surface area contributed by atoms with Crippen LogP contribution in [0.3, 0.4) is 0 Å². The highest BCUT2D eigenvalue weighted by molar-refractivity contribution is 6.63. The Kier molecular flexibility index (Phi) is 27.6. The third-order valence-electron chi connectivity index (χ3n) is 0.399. The molecule has 0 aliphatic carbocycles. The second-order valence-electron chi connectivity index (χ2n) is 1.95. The predicted molar refractivity (Wildman–Crippen MR) is 75.8 cm³/mol. The Morgan fingerprint density at radius 1 is 0.700 bits per heavy atom. The molecular formula is C7H8Cl7F6. The summed E-state index contributed by atoms with van der Waals surface area (Å²) in [5.41, 5.74) is 0. The highest BCUT2D eigenvalue weighted by atomic mass is 35.6. The fraction of sp³-hybridized carbons (Fsp3) is 0.857.